The zero-order chi connectivity index (χ0) is 22.2. The molecule has 1 aliphatic rings. The first kappa shape index (κ1) is 20.7. The Hall–Kier alpha value is -3.24. The number of carbonyl (C=O) groups excluding carboxylic acids is 1. The molecule has 0 bridgehead atoms. The van der Waals surface area contributed by atoms with Crippen LogP contribution in [0.3, 0.4) is 0 Å². The molecule has 3 aromatic carbocycles. The molecule has 2 amide bonds. The number of halogens is 1. The number of nitrogens with one attached hydrogen (secondary N) is 2. The van der Waals surface area contributed by atoms with E-state index in [1.54, 1.807) is 0 Å². The van der Waals surface area contributed by atoms with Crippen LogP contribution in [0.2, 0.25) is 5.02 Å². The smallest absolute Gasteiger partial charge is 0.322 e. The predicted molar refractivity (Wildman–Crippen MR) is 132 cm³/mol. The number of carbonyl (C=O) groups is 1. The highest BCUT2D eigenvalue weighted by Crippen LogP contribution is 2.39. The first-order valence-corrected chi connectivity index (χ1v) is 11.4. The zero-order valence-electron chi connectivity index (χ0n) is 18.3. The van der Waals surface area contributed by atoms with Crippen LogP contribution in [0.15, 0.2) is 66.7 Å². The standard InChI is InChI=1S/C27H26ClN3O/c1-3-18-6-11-21(12-7-18)29-27(32)31-15-14-22-23-16-20(28)10-13-24(23)30-25(22)26(31)19-8-4-17(2)5-9-19/h4-13,16,26,30H,3,14-15H2,1-2H3,(H,29,32)/t26-/m1/s1. The number of aryl methyl sites for hydroxylation is 2. The van der Waals surface area contributed by atoms with E-state index in [1.807, 2.05) is 35.2 Å². The molecule has 0 fully saturated rings. The van der Waals surface area contributed by atoms with Gasteiger partial charge in [0.25, 0.3) is 0 Å². The molecule has 2 heterocycles. The molecule has 4 aromatic rings. The Labute approximate surface area is 193 Å². The van der Waals surface area contributed by atoms with Crippen LogP contribution < -0.4 is 5.32 Å². The highest BCUT2D eigenvalue weighted by Gasteiger charge is 2.34. The number of rotatable bonds is 3. The monoisotopic (exact) mass is 443 g/mol. The van der Waals surface area contributed by atoms with Gasteiger partial charge in [0.2, 0.25) is 0 Å². The van der Waals surface area contributed by atoms with Crippen molar-refractivity contribution < 1.29 is 4.79 Å². The highest BCUT2D eigenvalue weighted by atomic mass is 35.5. The van der Waals surface area contributed by atoms with Gasteiger partial charge in [0.1, 0.15) is 0 Å². The normalized spacial score (nSPS) is 15.6. The third kappa shape index (κ3) is 3.76. The van der Waals surface area contributed by atoms with Crippen molar-refractivity contribution in [2.45, 2.75) is 32.7 Å². The second-order valence-electron chi connectivity index (χ2n) is 8.44. The van der Waals surface area contributed by atoms with Crippen LogP contribution in [0, 0.1) is 6.92 Å². The topological polar surface area (TPSA) is 48.1 Å². The van der Waals surface area contributed by atoms with Crippen LogP contribution in [0.4, 0.5) is 10.5 Å². The van der Waals surface area contributed by atoms with E-state index in [0.717, 1.165) is 45.7 Å². The van der Waals surface area contributed by atoms with Gasteiger partial charge < -0.3 is 15.2 Å². The minimum absolute atomic E-state index is 0.0952. The first-order valence-electron chi connectivity index (χ1n) is 11.1. The van der Waals surface area contributed by atoms with Crippen LogP contribution >= 0.6 is 11.6 Å². The molecule has 0 radical (unpaired) electrons. The lowest BCUT2D eigenvalue weighted by Gasteiger charge is -2.36. The summed E-state index contributed by atoms with van der Waals surface area (Å²) in [7, 11) is 0. The fourth-order valence-electron chi connectivity index (χ4n) is 4.59. The van der Waals surface area contributed by atoms with Crippen molar-refractivity contribution in [1.82, 2.24) is 9.88 Å². The van der Waals surface area contributed by atoms with Crippen molar-refractivity contribution in [3.63, 3.8) is 0 Å². The van der Waals surface area contributed by atoms with Gasteiger partial charge in [-0.2, -0.15) is 0 Å². The van der Waals surface area contributed by atoms with Crippen molar-refractivity contribution in [3.05, 3.63) is 99.7 Å². The summed E-state index contributed by atoms with van der Waals surface area (Å²) in [6.45, 7) is 4.83. The van der Waals surface area contributed by atoms with E-state index in [-0.39, 0.29) is 12.1 Å². The van der Waals surface area contributed by atoms with Crippen LogP contribution in [0.5, 0.6) is 0 Å². The van der Waals surface area contributed by atoms with E-state index in [0.29, 0.717) is 6.54 Å². The van der Waals surface area contributed by atoms with Crippen molar-refractivity contribution >= 4 is 34.2 Å². The maximum absolute atomic E-state index is 13.4. The molecule has 1 atom stereocenters. The third-order valence-corrected chi connectivity index (χ3v) is 6.59. The number of nitrogens with zero attached hydrogens (tertiary/aromatic N) is 1. The van der Waals surface area contributed by atoms with Gasteiger partial charge in [-0.15, -0.1) is 0 Å². The number of hydrogen-bond donors (Lipinski definition) is 2. The Bertz CT molecular complexity index is 1280. The Morgan fingerprint density at radius 1 is 1.09 bits per heavy atom. The minimum Gasteiger partial charge on any atom is -0.356 e. The van der Waals surface area contributed by atoms with E-state index < -0.39 is 0 Å². The molecule has 0 saturated carbocycles. The predicted octanol–water partition coefficient (Wildman–Crippen LogP) is 6.87. The van der Waals surface area contributed by atoms with Crippen molar-refractivity contribution in [1.29, 1.82) is 0 Å². The minimum atomic E-state index is -0.194. The lowest BCUT2D eigenvalue weighted by Crippen LogP contribution is -2.43. The van der Waals surface area contributed by atoms with Crippen molar-refractivity contribution in [2.24, 2.45) is 0 Å². The van der Waals surface area contributed by atoms with Gasteiger partial charge in [-0.1, -0.05) is 60.5 Å². The Morgan fingerprint density at radius 2 is 1.84 bits per heavy atom. The molecule has 5 rings (SSSR count). The molecule has 5 heteroatoms. The van der Waals surface area contributed by atoms with Crippen LogP contribution in [-0.4, -0.2) is 22.5 Å². The number of hydrogen-bond acceptors (Lipinski definition) is 1. The number of aromatic amines is 1. The van der Waals surface area contributed by atoms with Crippen molar-refractivity contribution in [2.75, 3.05) is 11.9 Å². The SMILES string of the molecule is CCc1ccc(NC(=O)N2CCc3c([nH]c4ccc(Cl)cc34)[C@H]2c2ccc(C)cc2)cc1. The maximum atomic E-state index is 13.4. The van der Waals surface area contributed by atoms with E-state index in [9.17, 15) is 4.79 Å². The molecule has 0 aliphatic carbocycles. The summed E-state index contributed by atoms with van der Waals surface area (Å²) in [4.78, 5) is 18.9. The second kappa shape index (κ2) is 8.36. The molecule has 0 saturated heterocycles. The summed E-state index contributed by atoms with van der Waals surface area (Å²) < 4.78 is 0. The number of anilines is 1. The number of fused-ring (bicyclic) bond motifs is 3. The van der Waals surface area contributed by atoms with Gasteiger partial charge in [-0.05, 0) is 66.8 Å². The lowest BCUT2D eigenvalue weighted by atomic mass is 9.92. The van der Waals surface area contributed by atoms with Gasteiger partial charge in [0.15, 0.2) is 0 Å². The zero-order valence-corrected chi connectivity index (χ0v) is 19.0. The number of aromatic nitrogens is 1. The van der Waals surface area contributed by atoms with E-state index in [4.69, 9.17) is 11.6 Å². The third-order valence-electron chi connectivity index (χ3n) is 6.36. The Balaban J connectivity index is 1.55. The molecule has 1 aliphatic heterocycles. The van der Waals surface area contributed by atoms with Gasteiger partial charge >= 0.3 is 6.03 Å². The molecule has 162 valence electrons. The molecular formula is C27H26ClN3O. The fourth-order valence-corrected chi connectivity index (χ4v) is 4.77. The molecule has 0 spiro atoms. The maximum Gasteiger partial charge on any atom is 0.322 e. The molecule has 32 heavy (non-hydrogen) atoms. The highest BCUT2D eigenvalue weighted by molar-refractivity contribution is 6.31. The van der Waals surface area contributed by atoms with E-state index in [2.05, 4.69) is 60.5 Å². The van der Waals surface area contributed by atoms with Crippen LogP contribution in [0.1, 0.15) is 40.9 Å². The van der Waals surface area contributed by atoms with Gasteiger partial charge in [0.05, 0.1) is 6.04 Å². The molecule has 1 aromatic heterocycles. The summed E-state index contributed by atoms with van der Waals surface area (Å²) in [5, 5.41) is 4.96. The lowest BCUT2D eigenvalue weighted by molar-refractivity contribution is 0.193. The van der Waals surface area contributed by atoms with E-state index >= 15 is 0 Å². The fraction of sp³-hybridized carbons (Fsp3) is 0.222. The second-order valence-corrected chi connectivity index (χ2v) is 8.88. The Kier molecular flexibility index (Phi) is 5.40. The Morgan fingerprint density at radius 3 is 2.56 bits per heavy atom. The van der Waals surface area contributed by atoms with Crippen LogP contribution in [0.25, 0.3) is 10.9 Å². The van der Waals surface area contributed by atoms with Crippen molar-refractivity contribution in [3.8, 4) is 0 Å². The molecule has 0 unspecified atom stereocenters. The number of amides is 2. The van der Waals surface area contributed by atoms with E-state index in [1.165, 1.54) is 16.7 Å². The number of urea groups is 1. The van der Waals surface area contributed by atoms with Gasteiger partial charge in [0, 0.05) is 33.9 Å². The summed E-state index contributed by atoms with van der Waals surface area (Å²) in [5.74, 6) is 0. The largest absolute Gasteiger partial charge is 0.356 e. The molecule has 4 nitrogen and oxygen atoms in total. The molecule has 2 N–H and O–H groups in total. The summed E-state index contributed by atoms with van der Waals surface area (Å²) in [5.41, 5.74) is 7.70. The summed E-state index contributed by atoms with van der Waals surface area (Å²) in [6, 6.07) is 22.1. The number of H-pyrrole nitrogens is 1. The molecular weight excluding hydrogens is 418 g/mol. The van der Waals surface area contributed by atoms with Crippen LogP contribution in [-0.2, 0) is 12.8 Å². The first-order chi connectivity index (χ1) is 15.5. The summed E-state index contributed by atoms with van der Waals surface area (Å²) >= 11 is 6.29. The average Bonchev–Trinajstić information content (AvgIpc) is 3.17. The number of benzene rings is 3. The van der Waals surface area contributed by atoms with Gasteiger partial charge in [-0.3, -0.25) is 0 Å². The summed E-state index contributed by atoms with van der Waals surface area (Å²) in [6.07, 6.45) is 1.75. The van der Waals surface area contributed by atoms with Gasteiger partial charge in [-0.25, -0.2) is 4.79 Å². The average molecular weight is 444 g/mol. The quantitative estimate of drug-likeness (QED) is 0.356.